The number of rotatable bonds is 3. The summed E-state index contributed by atoms with van der Waals surface area (Å²) in [4.78, 5) is 22.8. The van der Waals surface area contributed by atoms with Gasteiger partial charge in [-0.15, -0.1) is 0 Å². The molecule has 1 fully saturated rings. The highest BCUT2D eigenvalue weighted by Gasteiger charge is 2.43. The van der Waals surface area contributed by atoms with Gasteiger partial charge in [0.05, 0.1) is 11.5 Å². The van der Waals surface area contributed by atoms with E-state index in [4.69, 9.17) is 5.11 Å². The second kappa shape index (κ2) is 6.37. The molecule has 7 heteroatoms. The number of nitrogens with one attached hydrogen (secondary N) is 1. The van der Waals surface area contributed by atoms with Crippen molar-refractivity contribution in [3.05, 3.63) is 29.8 Å². The third-order valence-electron chi connectivity index (χ3n) is 3.91. The largest absolute Gasteiger partial charge is 0.478 e. The van der Waals surface area contributed by atoms with Crippen molar-refractivity contribution in [2.75, 3.05) is 5.32 Å². The predicted molar refractivity (Wildman–Crippen MR) is 73.5 cm³/mol. The van der Waals surface area contributed by atoms with E-state index in [2.05, 4.69) is 5.32 Å². The summed E-state index contributed by atoms with van der Waals surface area (Å²) in [7, 11) is 0. The topological polar surface area (TPSA) is 66.4 Å². The number of aromatic carboxylic acids is 1. The van der Waals surface area contributed by atoms with Crippen molar-refractivity contribution < 1.29 is 27.9 Å². The Kier molecular flexibility index (Phi) is 4.73. The maximum atomic E-state index is 12.7. The molecule has 0 bridgehead atoms. The molecular weight excluding hydrogens is 299 g/mol. The molecule has 2 unspecified atom stereocenters. The number of carboxylic acids is 1. The van der Waals surface area contributed by atoms with Gasteiger partial charge < -0.3 is 10.4 Å². The summed E-state index contributed by atoms with van der Waals surface area (Å²) >= 11 is 0. The van der Waals surface area contributed by atoms with Crippen molar-refractivity contribution in [1.82, 2.24) is 0 Å². The van der Waals surface area contributed by atoms with Gasteiger partial charge in [-0.3, -0.25) is 4.79 Å². The van der Waals surface area contributed by atoms with Crippen LogP contribution in [0.3, 0.4) is 0 Å². The van der Waals surface area contributed by atoms with E-state index >= 15 is 0 Å². The number of amides is 1. The quantitative estimate of drug-likeness (QED) is 0.894. The maximum Gasteiger partial charge on any atom is 0.391 e. The zero-order chi connectivity index (χ0) is 16.3. The van der Waals surface area contributed by atoms with Gasteiger partial charge in [0.15, 0.2) is 0 Å². The zero-order valence-electron chi connectivity index (χ0n) is 11.7. The zero-order valence-corrected chi connectivity index (χ0v) is 11.7. The number of carboxylic acid groups (broad SMARTS) is 1. The molecule has 4 nitrogen and oxygen atoms in total. The Morgan fingerprint density at radius 1 is 1.14 bits per heavy atom. The lowest BCUT2D eigenvalue weighted by molar-refractivity contribution is -0.185. The molecule has 0 saturated heterocycles. The van der Waals surface area contributed by atoms with Crippen molar-refractivity contribution in [3.8, 4) is 0 Å². The summed E-state index contributed by atoms with van der Waals surface area (Å²) in [6, 6.07) is 5.51. The molecule has 1 saturated carbocycles. The van der Waals surface area contributed by atoms with E-state index in [1.165, 1.54) is 24.3 Å². The number of benzene rings is 1. The first-order valence-corrected chi connectivity index (χ1v) is 6.98. The first-order valence-electron chi connectivity index (χ1n) is 6.98. The molecule has 0 heterocycles. The van der Waals surface area contributed by atoms with Crippen molar-refractivity contribution in [2.24, 2.45) is 11.8 Å². The van der Waals surface area contributed by atoms with E-state index in [0.29, 0.717) is 18.5 Å². The average molecular weight is 315 g/mol. The van der Waals surface area contributed by atoms with Gasteiger partial charge in [0.2, 0.25) is 5.91 Å². The fraction of sp³-hybridized carbons (Fsp3) is 0.467. The number of hydrogen-bond donors (Lipinski definition) is 2. The van der Waals surface area contributed by atoms with Crippen LogP contribution in [0.2, 0.25) is 0 Å². The third-order valence-corrected chi connectivity index (χ3v) is 3.91. The second-order valence-electron chi connectivity index (χ2n) is 5.47. The van der Waals surface area contributed by atoms with Crippen LogP contribution in [0, 0.1) is 11.8 Å². The summed E-state index contributed by atoms with van der Waals surface area (Å²) in [5.41, 5.74) is 0.455. The molecule has 1 amide bonds. The minimum absolute atomic E-state index is 0.0700. The number of anilines is 1. The van der Waals surface area contributed by atoms with Crippen molar-refractivity contribution in [3.63, 3.8) is 0 Å². The molecule has 0 radical (unpaired) electrons. The summed E-state index contributed by atoms with van der Waals surface area (Å²) < 4.78 is 38.2. The highest BCUT2D eigenvalue weighted by Crippen LogP contribution is 2.40. The molecule has 1 aliphatic carbocycles. The Morgan fingerprint density at radius 2 is 1.77 bits per heavy atom. The molecule has 22 heavy (non-hydrogen) atoms. The van der Waals surface area contributed by atoms with E-state index in [1.807, 2.05) is 0 Å². The van der Waals surface area contributed by atoms with E-state index in [1.54, 1.807) is 0 Å². The third kappa shape index (κ3) is 3.99. The minimum atomic E-state index is -4.26. The summed E-state index contributed by atoms with van der Waals surface area (Å²) in [6.45, 7) is 0. The van der Waals surface area contributed by atoms with E-state index in [0.717, 1.165) is 0 Å². The molecule has 0 spiro atoms. The van der Waals surface area contributed by atoms with Crippen LogP contribution in [-0.2, 0) is 4.79 Å². The summed E-state index contributed by atoms with van der Waals surface area (Å²) in [5, 5.41) is 11.3. The molecule has 1 aromatic carbocycles. The van der Waals surface area contributed by atoms with Gasteiger partial charge in [0.25, 0.3) is 0 Å². The summed E-state index contributed by atoms with van der Waals surface area (Å²) in [6.07, 6.45) is -3.57. The van der Waals surface area contributed by atoms with E-state index in [-0.39, 0.29) is 18.4 Å². The Bertz CT molecular complexity index is 554. The van der Waals surface area contributed by atoms with E-state index < -0.39 is 29.9 Å². The van der Waals surface area contributed by atoms with Crippen LogP contribution < -0.4 is 5.32 Å². The van der Waals surface area contributed by atoms with Gasteiger partial charge in [0, 0.05) is 11.6 Å². The van der Waals surface area contributed by atoms with Gasteiger partial charge in [-0.1, -0.05) is 6.42 Å². The van der Waals surface area contributed by atoms with Crippen LogP contribution in [0.5, 0.6) is 0 Å². The molecule has 120 valence electrons. The van der Waals surface area contributed by atoms with Crippen molar-refractivity contribution in [2.45, 2.75) is 31.9 Å². The lowest BCUT2D eigenvalue weighted by Gasteiger charge is -2.29. The lowest BCUT2D eigenvalue weighted by atomic mass is 9.80. The molecule has 2 rings (SSSR count). The van der Waals surface area contributed by atoms with Gasteiger partial charge in [0.1, 0.15) is 0 Å². The average Bonchev–Trinajstić information content (AvgIpc) is 2.47. The number of alkyl halides is 3. The fourth-order valence-corrected chi connectivity index (χ4v) is 2.67. The van der Waals surface area contributed by atoms with Crippen molar-refractivity contribution in [1.29, 1.82) is 0 Å². The molecule has 1 aliphatic rings. The van der Waals surface area contributed by atoms with Crippen LogP contribution in [0.25, 0.3) is 0 Å². The first kappa shape index (κ1) is 16.3. The SMILES string of the molecule is O=C(O)c1ccc(NC(=O)C2CCCC(C(F)(F)F)C2)cc1. The van der Waals surface area contributed by atoms with Gasteiger partial charge in [-0.05, 0) is 43.5 Å². The van der Waals surface area contributed by atoms with Crippen LogP contribution in [-0.4, -0.2) is 23.2 Å². The highest BCUT2D eigenvalue weighted by atomic mass is 19.4. The Morgan fingerprint density at radius 3 is 2.32 bits per heavy atom. The Labute approximate surface area is 125 Å². The smallest absolute Gasteiger partial charge is 0.391 e. The van der Waals surface area contributed by atoms with Crippen molar-refractivity contribution >= 4 is 17.6 Å². The Balaban J connectivity index is 1.98. The molecule has 2 N–H and O–H groups in total. The second-order valence-corrected chi connectivity index (χ2v) is 5.47. The van der Waals surface area contributed by atoms with Gasteiger partial charge >= 0.3 is 12.1 Å². The molecular formula is C15H16F3NO3. The number of halogens is 3. The first-order chi connectivity index (χ1) is 10.3. The van der Waals surface area contributed by atoms with Crippen LogP contribution in [0.4, 0.5) is 18.9 Å². The van der Waals surface area contributed by atoms with E-state index in [9.17, 15) is 22.8 Å². The minimum Gasteiger partial charge on any atom is -0.478 e. The number of hydrogen-bond acceptors (Lipinski definition) is 2. The van der Waals surface area contributed by atoms with Gasteiger partial charge in [-0.2, -0.15) is 13.2 Å². The fourth-order valence-electron chi connectivity index (χ4n) is 2.67. The number of carbonyl (C=O) groups excluding carboxylic acids is 1. The van der Waals surface area contributed by atoms with Crippen LogP contribution in [0.1, 0.15) is 36.0 Å². The lowest BCUT2D eigenvalue weighted by Crippen LogP contribution is -2.34. The number of carbonyl (C=O) groups is 2. The monoisotopic (exact) mass is 315 g/mol. The molecule has 0 aliphatic heterocycles. The molecule has 0 aromatic heterocycles. The summed E-state index contributed by atoms with van der Waals surface area (Å²) in [5.74, 6) is -3.62. The van der Waals surface area contributed by atoms with Crippen LogP contribution in [0.15, 0.2) is 24.3 Å². The Hall–Kier alpha value is -2.05. The normalized spacial score (nSPS) is 22.1. The standard InChI is InChI=1S/C15H16F3NO3/c16-15(17,18)11-3-1-2-10(8-11)13(20)19-12-6-4-9(5-7-12)14(21)22/h4-7,10-11H,1-3,8H2,(H,19,20)(H,21,22). The maximum absolute atomic E-state index is 12.7. The molecule has 1 aromatic rings. The molecule has 2 atom stereocenters. The van der Waals surface area contributed by atoms with Crippen LogP contribution >= 0.6 is 0 Å². The highest BCUT2D eigenvalue weighted by molar-refractivity contribution is 5.93. The van der Waals surface area contributed by atoms with Gasteiger partial charge in [-0.25, -0.2) is 4.79 Å². The predicted octanol–water partition coefficient (Wildman–Crippen LogP) is 3.69.